The Morgan fingerprint density at radius 1 is 1.50 bits per heavy atom. The summed E-state index contributed by atoms with van der Waals surface area (Å²) in [7, 11) is 0. The molecule has 0 heterocycles. The van der Waals surface area contributed by atoms with Crippen LogP contribution in [0.15, 0.2) is 16.6 Å². The molecule has 2 N–H and O–H groups in total. The van der Waals surface area contributed by atoms with Crippen molar-refractivity contribution in [3.63, 3.8) is 0 Å². The molecule has 4 heteroatoms. The number of halogens is 3. The summed E-state index contributed by atoms with van der Waals surface area (Å²) in [6.07, 6.45) is 0.743. The van der Waals surface area contributed by atoms with Crippen molar-refractivity contribution in [3.05, 3.63) is 33.5 Å². The van der Waals surface area contributed by atoms with Gasteiger partial charge in [0.2, 0.25) is 0 Å². The van der Waals surface area contributed by atoms with Crippen LogP contribution in [-0.4, -0.2) is 0 Å². The van der Waals surface area contributed by atoms with E-state index in [2.05, 4.69) is 15.9 Å². The summed E-state index contributed by atoms with van der Waals surface area (Å²) in [6, 6.07) is 3.29. The summed E-state index contributed by atoms with van der Waals surface area (Å²) in [4.78, 5) is 0. The Balaban J connectivity index is 0.00000169. The first-order chi connectivity index (χ1) is 6.06. The minimum Gasteiger partial charge on any atom is -0.324 e. The van der Waals surface area contributed by atoms with Crippen molar-refractivity contribution in [2.75, 3.05) is 0 Å². The van der Waals surface area contributed by atoms with Gasteiger partial charge in [-0.2, -0.15) is 0 Å². The third-order valence-electron chi connectivity index (χ3n) is 2.09. The Labute approximate surface area is 98.4 Å². The van der Waals surface area contributed by atoms with E-state index in [1.54, 1.807) is 19.1 Å². The Bertz CT molecular complexity index is 317. The molecule has 14 heavy (non-hydrogen) atoms. The SMILES string of the molecule is CC[C@@H](N)c1cc(Br)cc(C)c1F.Cl. The number of hydrogen-bond acceptors (Lipinski definition) is 1. The summed E-state index contributed by atoms with van der Waals surface area (Å²) in [5.74, 6) is -0.183. The minimum absolute atomic E-state index is 0. The Kier molecular flexibility index (Phi) is 5.64. The highest BCUT2D eigenvalue weighted by atomic mass is 79.9. The molecule has 1 nitrogen and oxygen atoms in total. The lowest BCUT2D eigenvalue weighted by atomic mass is 10.0. The Hall–Kier alpha value is -0.120. The average molecular weight is 283 g/mol. The highest BCUT2D eigenvalue weighted by molar-refractivity contribution is 9.10. The normalized spacial score (nSPS) is 12.1. The summed E-state index contributed by atoms with van der Waals surface area (Å²) < 4.78 is 14.4. The van der Waals surface area contributed by atoms with E-state index in [4.69, 9.17) is 5.73 Å². The number of aryl methyl sites for hydroxylation is 1. The first kappa shape index (κ1) is 13.9. The van der Waals surface area contributed by atoms with Crippen LogP contribution in [0.25, 0.3) is 0 Å². The number of hydrogen-bond donors (Lipinski definition) is 1. The number of nitrogens with two attached hydrogens (primary N) is 1. The largest absolute Gasteiger partial charge is 0.324 e. The Morgan fingerprint density at radius 3 is 2.57 bits per heavy atom. The molecule has 0 unspecified atom stereocenters. The lowest BCUT2D eigenvalue weighted by Gasteiger charge is -2.12. The van der Waals surface area contributed by atoms with Crippen LogP contribution < -0.4 is 5.73 Å². The third kappa shape index (κ3) is 2.94. The van der Waals surface area contributed by atoms with Gasteiger partial charge in [0, 0.05) is 16.1 Å². The highest BCUT2D eigenvalue weighted by Crippen LogP contribution is 2.24. The van der Waals surface area contributed by atoms with Gasteiger partial charge in [0.15, 0.2) is 0 Å². The average Bonchev–Trinajstić information content (AvgIpc) is 2.10. The van der Waals surface area contributed by atoms with Gasteiger partial charge in [-0.15, -0.1) is 12.4 Å². The second-order valence-electron chi connectivity index (χ2n) is 3.14. The highest BCUT2D eigenvalue weighted by Gasteiger charge is 2.12. The maximum atomic E-state index is 13.5. The molecule has 1 rings (SSSR count). The fraction of sp³-hybridized carbons (Fsp3) is 0.400. The molecule has 0 aliphatic carbocycles. The van der Waals surface area contributed by atoms with E-state index >= 15 is 0 Å². The van der Waals surface area contributed by atoms with E-state index in [0.717, 1.165) is 10.9 Å². The molecular formula is C10H14BrClFN. The summed E-state index contributed by atoms with van der Waals surface area (Å²) in [5.41, 5.74) is 7.00. The molecule has 1 aromatic rings. The number of benzene rings is 1. The fourth-order valence-corrected chi connectivity index (χ4v) is 1.83. The Morgan fingerprint density at radius 2 is 2.07 bits per heavy atom. The molecule has 0 saturated heterocycles. The maximum Gasteiger partial charge on any atom is 0.130 e. The van der Waals surface area contributed by atoms with Crippen molar-refractivity contribution >= 4 is 28.3 Å². The van der Waals surface area contributed by atoms with Crippen LogP contribution in [0.1, 0.15) is 30.5 Å². The molecular weight excluding hydrogens is 268 g/mol. The van der Waals surface area contributed by atoms with Gasteiger partial charge in [-0.1, -0.05) is 22.9 Å². The first-order valence-corrected chi connectivity index (χ1v) is 5.06. The van der Waals surface area contributed by atoms with Crippen LogP contribution in [0.2, 0.25) is 0 Å². The van der Waals surface area contributed by atoms with E-state index in [1.807, 2.05) is 6.92 Å². The lowest BCUT2D eigenvalue weighted by Crippen LogP contribution is -2.11. The summed E-state index contributed by atoms with van der Waals surface area (Å²) in [5, 5.41) is 0. The predicted molar refractivity (Wildman–Crippen MR) is 63.3 cm³/mol. The molecule has 0 bridgehead atoms. The molecule has 0 aliphatic rings. The van der Waals surface area contributed by atoms with Crippen molar-refractivity contribution in [2.24, 2.45) is 5.73 Å². The molecule has 0 amide bonds. The topological polar surface area (TPSA) is 26.0 Å². The molecule has 0 aromatic heterocycles. The van der Waals surface area contributed by atoms with Crippen LogP contribution in [0, 0.1) is 12.7 Å². The smallest absolute Gasteiger partial charge is 0.130 e. The molecule has 0 spiro atoms. The van der Waals surface area contributed by atoms with E-state index in [-0.39, 0.29) is 24.3 Å². The molecule has 0 radical (unpaired) electrons. The van der Waals surface area contributed by atoms with Crippen molar-refractivity contribution in [3.8, 4) is 0 Å². The fourth-order valence-electron chi connectivity index (χ4n) is 1.24. The van der Waals surface area contributed by atoms with Gasteiger partial charge in [-0.25, -0.2) is 4.39 Å². The second kappa shape index (κ2) is 5.69. The van der Waals surface area contributed by atoms with Crippen molar-refractivity contribution in [1.29, 1.82) is 0 Å². The predicted octanol–water partition coefficient (Wildman–Crippen LogP) is 3.73. The van der Waals surface area contributed by atoms with Gasteiger partial charge in [0.1, 0.15) is 5.82 Å². The number of rotatable bonds is 2. The summed E-state index contributed by atoms with van der Waals surface area (Å²) in [6.45, 7) is 3.69. The molecule has 0 saturated carbocycles. The zero-order chi connectivity index (χ0) is 10.0. The quantitative estimate of drug-likeness (QED) is 0.879. The standard InChI is InChI=1S/C10H13BrFN.ClH/c1-3-9(13)8-5-7(11)4-6(2)10(8)12;/h4-5,9H,3,13H2,1-2H3;1H/t9-;/m1./s1. The lowest BCUT2D eigenvalue weighted by molar-refractivity contribution is 0.568. The van der Waals surface area contributed by atoms with Crippen LogP contribution in [0.5, 0.6) is 0 Å². The third-order valence-corrected chi connectivity index (χ3v) is 2.54. The van der Waals surface area contributed by atoms with Crippen molar-refractivity contribution < 1.29 is 4.39 Å². The maximum absolute atomic E-state index is 13.5. The molecule has 1 atom stereocenters. The summed E-state index contributed by atoms with van der Waals surface area (Å²) >= 11 is 3.32. The van der Waals surface area contributed by atoms with E-state index < -0.39 is 0 Å². The van der Waals surface area contributed by atoms with Crippen molar-refractivity contribution in [2.45, 2.75) is 26.3 Å². The van der Waals surface area contributed by atoms with E-state index in [1.165, 1.54) is 0 Å². The van der Waals surface area contributed by atoms with Gasteiger partial charge in [-0.05, 0) is 31.0 Å². The van der Waals surface area contributed by atoms with E-state index in [9.17, 15) is 4.39 Å². The molecule has 0 fully saturated rings. The van der Waals surface area contributed by atoms with Crippen LogP contribution in [0.3, 0.4) is 0 Å². The molecule has 1 aromatic carbocycles. The first-order valence-electron chi connectivity index (χ1n) is 4.27. The van der Waals surface area contributed by atoms with Gasteiger partial charge in [-0.3, -0.25) is 0 Å². The van der Waals surface area contributed by atoms with Crippen molar-refractivity contribution in [1.82, 2.24) is 0 Å². The monoisotopic (exact) mass is 281 g/mol. The molecule has 0 aliphatic heterocycles. The van der Waals surface area contributed by atoms with Gasteiger partial charge < -0.3 is 5.73 Å². The minimum atomic E-state index is -0.212. The van der Waals surface area contributed by atoms with E-state index in [0.29, 0.717) is 11.1 Å². The molecule has 80 valence electrons. The van der Waals surface area contributed by atoms with Crippen LogP contribution in [-0.2, 0) is 0 Å². The van der Waals surface area contributed by atoms with Crippen LogP contribution >= 0.6 is 28.3 Å². The van der Waals surface area contributed by atoms with Gasteiger partial charge >= 0.3 is 0 Å². The van der Waals surface area contributed by atoms with Crippen LogP contribution in [0.4, 0.5) is 4.39 Å². The zero-order valence-corrected chi connectivity index (χ0v) is 10.6. The zero-order valence-electron chi connectivity index (χ0n) is 8.18. The van der Waals surface area contributed by atoms with Gasteiger partial charge in [0.25, 0.3) is 0 Å². The second-order valence-corrected chi connectivity index (χ2v) is 4.06. The van der Waals surface area contributed by atoms with Gasteiger partial charge in [0.05, 0.1) is 0 Å².